The molecule has 0 saturated heterocycles. The van der Waals surface area contributed by atoms with E-state index in [4.69, 9.17) is 39.5 Å². The van der Waals surface area contributed by atoms with E-state index in [1.807, 2.05) is 0 Å². The van der Waals surface area contributed by atoms with E-state index >= 15 is 0 Å². The molecule has 0 aliphatic rings. The zero-order chi connectivity index (χ0) is 22.6. The molecule has 2 aromatic carbocycles. The highest BCUT2D eigenvalue weighted by Gasteiger charge is 2.25. The highest BCUT2D eigenvalue weighted by molar-refractivity contribution is 6.40. The lowest BCUT2D eigenvalue weighted by Gasteiger charge is -2.15. The first-order valence-corrected chi connectivity index (χ1v) is 9.69. The van der Waals surface area contributed by atoms with Crippen molar-refractivity contribution in [3.8, 4) is 0 Å². The summed E-state index contributed by atoms with van der Waals surface area (Å²) in [7, 11) is 3.25. The van der Waals surface area contributed by atoms with E-state index in [1.165, 1.54) is 23.2 Å². The van der Waals surface area contributed by atoms with Gasteiger partial charge in [-0.2, -0.15) is 0 Å². The SMILES string of the molecule is CCOC(=O)C(=CN(C)C)C(=O)c1cc(Nc2c(F)cc(F)cc2Cl)c(Cl)cc1Cl. The minimum atomic E-state index is -0.960. The number of ether oxygens (including phenoxy) is 1. The van der Waals surface area contributed by atoms with Crippen LogP contribution in [0.4, 0.5) is 20.2 Å². The van der Waals surface area contributed by atoms with Gasteiger partial charge < -0.3 is 15.0 Å². The molecule has 30 heavy (non-hydrogen) atoms. The Balaban J connectivity index is 2.52. The number of anilines is 2. The molecule has 10 heteroatoms. The number of halogens is 5. The summed E-state index contributed by atoms with van der Waals surface area (Å²) in [6, 6.07) is 4.06. The van der Waals surface area contributed by atoms with E-state index in [1.54, 1.807) is 21.0 Å². The van der Waals surface area contributed by atoms with Crippen molar-refractivity contribution in [2.24, 2.45) is 0 Å². The van der Waals surface area contributed by atoms with Crippen LogP contribution in [0.3, 0.4) is 0 Å². The molecule has 5 nitrogen and oxygen atoms in total. The molecule has 160 valence electrons. The molecular formula is C20H17Cl3F2N2O3. The van der Waals surface area contributed by atoms with Gasteiger partial charge in [-0.05, 0) is 25.1 Å². The van der Waals surface area contributed by atoms with Crippen molar-refractivity contribution in [2.75, 3.05) is 26.0 Å². The quantitative estimate of drug-likeness (QED) is 0.178. The van der Waals surface area contributed by atoms with Crippen LogP contribution in [-0.4, -0.2) is 37.4 Å². The fourth-order valence-corrected chi connectivity index (χ4v) is 3.19. The van der Waals surface area contributed by atoms with Crippen molar-refractivity contribution in [2.45, 2.75) is 6.92 Å². The Bertz CT molecular complexity index is 1000. The maximum atomic E-state index is 14.1. The molecule has 0 aliphatic heterocycles. The summed E-state index contributed by atoms with van der Waals surface area (Å²) in [6.07, 6.45) is 1.30. The minimum Gasteiger partial charge on any atom is -0.462 e. The normalized spacial score (nSPS) is 11.3. The number of nitrogens with one attached hydrogen (secondary N) is 1. The van der Waals surface area contributed by atoms with Gasteiger partial charge in [0.2, 0.25) is 5.78 Å². The van der Waals surface area contributed by atoms with Gasteiger partial charge >= 0.3 is 5.97 Å². The Hall–Kier alpha value is -2.35. The van der Waals surface area contributed by atoms with Crippen LogP contribution in [0, 0.1) is 11.6 Å². The number of Topliss-reactive ketones (excluding diaryl/α,β-unsaturated/α-hetero) is 1. The van der Waals surface area contributed by atoms with Crippen LogP contribution in [-0.2, 0) is 9.53 Å². The molecule has 0 spiro atoms. The van der Waals surface area contributed by atoms with Crippen molar-refractivity contribution in [1.29, 1.82) is 0 Å². The minimum absolute atomic E-state index is 0.0322. The summed E-state index contributed by atoms with van der Waals surface area (Å²) in [4.78, 5) is 26.8. The average Bonchev–Trinajstić information content (AvgIpc) is 2.63. The Morgan fingerprint density at radius 1 is 1.07 bits per heavy atom. The molecule has 0 aliphatic carbocycles. The number of carbonyl (C=O) groups excluding carboxylic acids is 2. The van der Waals surface area contributed by atoms with E-state index in [2.05, 4.69) is 5.32 Å². The standard InChI is InChI=1S/C20H17Cl3F2N2O3/c1-4-30-20(29)12(9-27(2)3)19(28)11-7-17(14(22)8-13(11)21)26-18-15(23)5-10(24)6-16(18)25/h5-9,26H,4H2,1-3H3. The van der Waals surface area contributed by atoms with Gasteiger partial charge in [-0.25, -0.2) is 13.6 Å². The number of esters is 1. The first-order chi connectivity index (χ1) is 14.0. The fraction of sp³-hybridized carbons (Fsp3) is 0.200. The molecule has 0 bridgehead atoms. The molecule has 0 fully saturated rings. The van der Waals surface area contributed by atoms with Gasteiger partial charge in [-0.3, -0.25) is 4.79 Å². The molecule has 0 unspecified atom stereocenters. The van der Waals surface area contributed by atoms with Gasteiger partial charge in [0.25, 0.3) is 0 Å². The number of hydrogen-bond donors (Lipinski definition) is 1. The van der Waals surface area contributed by atoms with Crippen molar-refractivity contribution in [3.63, 3.8) is 0 Å². The lowest BCUT2D eigenvalue weighted by Crippen LogP contribution is -2.20. The Morgan fingerprint density at radius 3 is 2.30 bits per heavy atom. The number of ketones is 1. The summed E-state index contributed by atoms with van der Waals surface area (Å²) in [5.74, 6) is -3.37. The molecule has 0 heterocycles. The number of nitrogens with zero attached hydrogens (tertiary/aromatic N) is 1. The molecule has 0 aromatic heterocycles. The number of hydrogen-bond acceptors (Lipinski definition) is 5. The molecular weight excluding hydrogens is 461 g/mol. The second-order valence-electron chi connectivity index (χ2n) is 6.24. The lowest BCUT2D eigenvalue weighted by molar-refractivity contribution is -0.138. The van der Waals surface area contributed by atoms with Crippen molar-refractivity contribution in [1.82, 2.24) is 4.90 Å². The highest BCUT2D eigenvalue weighted by atomic mass is 35.5. The lowest BCUT2D eigenvalue weighted by atomic mass is 10.0. The van der Waals surface area contributed by atoms with Gasteiger partial charge in [-0.15, -0.1) is 0 Å². The molecule has 0 radical (unpaired) electrons. The van der Waals surface area contributed by atoms with Crippen LogP contribution < -0.4 is 5.32 Å². The largest absolute Gasteiger partial charge is 0.462 e. The third kappa shape index (κ3) is 5.62. The van der Waals surface area contributed by atoms with Crippen molar-refractivity contribution in [3.05, 3.63) is 68.3 Å². The predicted octanol–water partition coefficient (Wildman–Crippen LogP) is 5.86. The van der Waals surface area contributed by atoms with Crippen molar-refractivity contribution < 1.29 is 23.1 Å². The van der Waals surface area contributed by atoms with Crippen LogP contribution >= 0.6 is 34.8 Å². The van der Waals surface area contributed by atoms with E-state index in [0.29, 0.717) is 6.07 Å². The second kappa shape index (κ2) is 10.1. The third-order valence-electron chi connectivity index (χ3n) is 3.70. The smallest absolute Gasteiger partial charge is 0.343 e. The van der Waals surface area contributed by atoms with Crippen LogP contribution in [0.5, 0.6) is 0 Å². The van der Waals surface area contributed by atoms with Crippen LogP contribution in [0.15, 0.2) is 36.0 Å². The van der Waals surface area contributed by atoms with E-state index < -0.39 is 23.4 Å². The highest BCUT2D eigenvalue weighted by Crippen LogP contribution is 2.36. The van der Waals surface area contributed by atoms with Crippen LogP contribution in [0.1, 0.15) is 17.3 Å². The fourth-order valence-electron chi connectivity index (χ4n) is 2.43. The maximum absolute atomic E-state index is 14.1. The zero-order valence-electron chi connectivity index (χ0n) is 16.2. The number of benzene rings is 2. The molecule has 0 amide bonds. The summed E-state index contributed by atoms with van der Waals surface area (Å²) < 4.78 is 32.4. The molecule has 1 N–H and O–H groups in total. The number of rotatable bonds is 7. The van der Waals surface area contributed by atoms with Gasteiger partial charge in [0.05, 0.1) is 33.0 Å². The van der Waals surface area contributed by atoms with Gasteiger partial charge in [0.1, 0.15) is 11.4 Å². The van der Waals surface area contributed by atoms with Gasteiger partial charge in [0.15, 0.2) is 5.82 Å². The maximum Gasteiger partial charge on any atom is 0.343 e. The third-order valence-corrected chi connectivity index (χ3v) is 4.62. The molecule has 2 aromatic rings. The van der Waals surface area contributed by atoms with Crippen molar-refractivity contribution >= 4 is 57.9 Å². The Labute approximate surface area is 187 Å². The Morgan fingerprint density at radius 2 is 1.73 bits per heavy atom. The summed E-state index contributed by atoms with van der Waals surface area (Å²) in [5, 5.41) is 2.41. The first-order valence-electron chi connectivity index (χ1n) is 8.55. The molecule has 2 rings (SSSR count). The summed E-state index contributed by atoms with van der Waals surface area (Å²) in [5.41, 5.74) is -0.508. The number of carbonyl (C=O) groups is 2. The molecule has 0 saturated carbocycles. The van der Waals surface area contributed by atoms with Crippen LogP contribution in [0.25, 0.3) is 0 Å². The average molecular weight is 478 g/mol. The second-order valence-corrected chi connectivity index (χ2v) is 7.46. The first kappa shape index (κ1) is 23.9. The van der Waals surface area contributed by atoms with Crippen LogP contribution in [0.2, 0.25) is 15.1 Å². The Kier molecular flexibility index (Phi) is 8.06. The van der Waals surface area contributed by atoms with E-state index in [9.17, 15) is 18.4 Å². The van der Waals surface area contributed by atoms with E-state index in [-0.39, 0.29) is 44.2 Å². The summed E-state index contributed by atoms with van der Waals surface area (Å²) in [6.45, 7) is 1.67. The van der Waals surface area contributed by atoms with Gasteiger partial charge in [0, 0.05) is 31.9 Å². The van der Waals surface area contributed by atoms with Gasteiger partial charge in [-0.1, -0.05) is 34.8 Å². The topological polar surface area (TPSA) is 58.6 Å². The molecule has 0 atom stereocenters. The monoisotopic (exact) mass is 476 g/mol. The predicted molar refractivity (Wildman–Crippen MR) is 114 cm³/mol. The van der Waals surface area contributed by atoms with E-state index in [0.717, 1.165) is 6.07 Å². The zero-order valence-corrected chi connectivity index (χ0v) is 18.4. The summed E-state index contributed by atoms with van der Waals surface area (Å²) >= 11 is 18.2.